The topological polar surface area (TPSA) is 88.7 Å². The minimum absolute atomic E-state index is 0.0693. The summed E-state index contributed by atoms with van der Waals surface area (Å²) < 4.78 is 10.4. The van der Waals surface area contributed by atoms with E-state index in [1.165, 1.54) is 0 Å². The van der Waals surface area contributed by atoms with Crippen LogP contribution in [-0.4, -0.2) is 32.6 Å². The number of carbonyl (C=O) groups excluding carboxylic acids is 2. The summed E-state index contributed by atoms with van der Waals surface area (Å²) in [7, 11) is 3.14. The molecule has 0 aliphatic heterocycles. The number of benzene rings is 2. The van der Waals surface area contributed by atoms with E-state index in [2.05, 4.69) is 16.2 Å². The van der Waals surface area contributed by atoms with Gasteiger partial charge >= 0.3 is 0 Å². The second-order valence-electron chi connectivity index (χ2n) is 6.46. The Morgan fingerprint density at radius 1 is 0.893 bits per heavy atom. The highest BCUT2D eigenvalue weighted by Gasteiger charge is 2.08. The average molecular weight is 385 g/mol. The van der Waals surface area contributed by atoms with E-state index in [0.717, 1.165) is 22.4 Å². The first-order chi connectivity index (χ1) is 13.4. The third-order valence-electron chi connectivity index (χ3n) is 4.25. The Balaban J connectivity index is 1.73. The van der Waals surface area contributed by atoms with Crippen molar-refractivity contribution < 1.29 is 19.1 Å². The Hall–Kier alpha value is -3.22. The van der Waals surface area contributed by atoms with Crippen LogP contribution in [0.25, 0.3) is 0 Å². The highest BCUT2D eigenvalue weighted by Crippen LogP contribution is 2.27. The Morgan fingerprint density at radius 2 is 1.61 bits per heavy atom. The lowest BCUT2D eigenvalue weighted by Crippen LogP contribution is -2.44. The maximum atomic E-state index is 12.0. The quantitative estimate of drug-likeness (QED) is 0.608. The van der Waals surface area contributed by atoms with Crippen molar-refractivity contribution in [3.8, 4) is 11.5 Å². The summed E-state index contributed by atoms with van der Waals surface area (Å²) in [6.45, 7) is 4.06. The van der Waals surface area contributed by atoms with Crippen molar-refractivity contribution in [2.24, 2.45) is 0 Å². The number of hydrogen-bond donors (Lipinski definition) is 3. The molecule has 7 nitrogen and oxygen atoms in total. The summed E-state index contributed by atoms with van der Waals surface area (Å²) in [6, 6.07) is 11.4. The predicted octanol–water partition coefficient (Wildman–Crippen LogP) is 2.51. The van der Waals surface area contributed by atoms with Crippen molar-refractivity contribution in [3.63, 3.8) is 0 Å². The van der Waals surface area contributed by atoms with Crippen LogP contribution in [0, 0.1) is 13.8 Å². The highest BCUT2D eigenvalue weighted by atomic mass is 16.5. The number of hydrazine groups is 1. The van der Waals surface area contributed by atoms with Crippen LogP contribution in [0.15, 0.2) is 36.4 Å². The molecule has 0 spiro atoms. The fraction of sp³-hybridized carbons (Fsp3) is 0.333. The van der Waals surface area contributed by atoms with E-state index < -0.39 is 0 Å². The fourth-order valence-corrected chi connectivity index (χ4v) is 2.73. The van der Waals surface area contributed by atoms with E-state index in [0.29, 0.717) is 17.9 Å². The molecule has 0 heterocycles. The molecule has 0 radical (unpaired) electrons. The van der Waals surface area contributed by atoms with Crippen molar-refractivity contribution in [1.82, 2.24) is 10.9 Å². The van der Waals surface area contributed by atoms with Crippen LogP contribution in [-0.2, 0) is 16.0 Å². The second kappa shape index (κ2) is 10.2. The standard InChI is InChI=1S/C21H27N3O4/c1-14-5-8-17(15(2)11-14)22-13-21(26)24-23-20(25)10-7-16-6-9-18(27-3)19(12-16)28-4/h5-6,8-9,11-12,22H,7,10,13H2,1-4H3,(H,23,25)(H,24,26). The highest BCUT2D eigenvalue weighted by molar-refractivity contribution is 5.84. The number of amides is 2. The predicted molar refractivity (Wildman–Crippen MR) is 109 cm³/mol. The van der Waals surface area contributed by atoms with Gasteiger partial charge in [-0.05, 0) is 49.6 Å². The molecular weight excluding hydrogens is 358 g/mol. The van der Waals surface area contributed by atoms with Crippen LogP contribution in [0.3, 0.4) is 0 Å². The van der Waals surface area contributed by atoms with E-state index in [9.17, 15) is 9.59 Å². The monoisotopic (exact) mass is 385 g/mol. The maximum absolute atomic E-state index is 12.0. The van der Waals surface area contributed by atoms with Gasteiger partial charge in [-0.15, -0.1) is 0 Å². The number of hydrogen-bond acceptors (Lipinski definition) is 5. The summed E-state index contributed by atoms with van der Waals surface area (Å²) in [5, 5.41) is 3.06. The van der Waals surface area contributed by atoms with Crippen molar-refractivity contribution in [2.45, 2.75) is 26.7 Å². The summed E-state index contributed by atoms with van der Waals surface area (Å²) in [5.74, 6) is 0.666. The van der Waals surface area contributed by atoms with Gasteiger partial charge in [0, 0.05) is 12.1 Å². The van der Waals surface area contributed by atoms with Gasteiger partial charge < -0.3 is 14.8 Å². The molecule has 0 saturated carbocycles. The largest absolute Gasteiger partial charge is 0.493 e. The first-order valence-electron chi connectivity index (χ1n) is 9.02. The zero-order chi connectivity index (χ0) is 20.5. The second-order valence-corrected chi connectivity index (χ2v) is 6.46. The first-order valence-corrected chi connectivity index (χ1v) is 9.02. The normalized spacial score (nSPS) is 10.1. The minimum atomic E-state index is -0.320. The summed E-state index contributed by atoms with van der Waals surface area (Å²) in [4.78, 5) is 23.9. The lowest BCUT2D eigenvalue weighted by molar-refractivity contribution is -0.128. The molecule has 0 unspecified atom stereocenters. The van der Waals surface area contributed by atoms with E-state index in [1.807, 2.05) is 44.2 Å². The summed E-state index contributed by atoms with van der Waals surface area (Å²) >= 11 is 0. The molecule has 0 atom stereocenters. The molecule has 0 bridgehead atoms. The van der Waals surface area contributed by atoms with E-state index in [-0.39, 0.29) is 24.8 Å². The van der Waals surface area contributed by atoms with Crippen molar-refractivity contribution in [2.75, 3.05) is 26.1 Å². The zero-order valence-corrected chi connectivity index (χ0v) is 16.7. The third kappa shape index (κ3) is 6.19. The molecule has 0 fully saturated rings. The van der Waals surface area contributed by atoms with E-state index >= 15 is 0 Å². The molecule has 0 aliphatic carbocycles. The number of anilines is 1. The van der Waals surface area contributed by atoms with Gasteiger partial charge in [0.05, 0.1) is 20.8 Å². The molecule has 2 aromatic rings. The average Bonchev–Trinajstić information content (AvgIpc) is 2.69. The molecule has 3 N–H and O–H groups in total. The van der Waals surface area contributed by atoms with Crippen LogP contribution >= 0.6 is 0 Å². The Bertz CT molecular complexity index is 836. The minimum Gasteiger partial charge on any atom is -0.493 e. The van der Waals surface area contributed by atoms with Crippen molar-refractivity contribution in [1.29, 1.82) is 0 Å². The molecule has 0 saturated heterocycles. The molecule has 150 valence electrons. The first kappa shape index (κ1) is 21.1. The van der Waals surface area contributed by atoms with Crippen LogP contribution in [0.2, 0.25) is 0 Å². The van der Waals surface area contributed by atoms with Gasteiger partial charge in [0.25, 0.3) is 5.91 Å². The zero-order valence-electron chi connectivity index (χ0n) is 16.7. The van der Waals surface area contributed by atoms with Gasteiger partial charge in [-0.3, -0.25) is 20.4 Å². The number of aryl methyl sites for hydroxylation is 3. The molecule has 0 aliphatic rings. The van der Waals surface area contributed by atoms with Gasteiger partial charge in [0.1, 0.15) is 0 Å². The van der Waals surface area contributed by atoms with Crippen molar-refractivity contribution >= 4 is 17.5 Å². The van der Waals surface area contributed by atoms with Gasteiger partial charge in [0.15, 0.2) is 11.5 Å². The smallest absolute Gasteiger partial charge is 0.257 e. The summed E-state index contributed by atoms with van der Waals surface area (Å²) in [5.41, 5.74) is 8.90. The van der Waals surface area contributed by atoms with Gasteiger partial charge in [-0.2, -0.15) is 0 Å². The van der Waals surface area contributed by atoms with E-state index in [1.54, 1.807) is 20.3 Å². The maximum Gasteiger partial charge on any atom is 0.257 e. The van der Waals surface area contributed by atoms with Gasteiger partial charge in [-0.25, -0.2) is 0 Å². The molecule has 0 aromatic heterocycles. The molecule has 7 heteroatoms. The fourth-order valence-electron chi connectivity index (χ4n) is 2.73. The van der Waals surface area contributed by atoms with Gasteiger partial charge in [-0.1, -0.05) is 23.8 Å². The molecule has 28 heavy (non-hydrogen) atoms. The molecule has 2 amide bonds. The molecule has 2 rings (SSSR count). The molecule has 2 aromatic carbocycles. The van der Waals surface area contributed by atoms with Crippen LogP contribution in [0.4, 0.5) is 5.69 Å². The summed E-state index contributed by atoms with van der Waals surface area (Å²) in [6.07, 6.45) is 0.753. The third-order valence-corrected chi connectivity index (χ3v) is 4.25. The van der Waals surface area contributed by atoms with Crippen LogP contribution in [0.5, 0.6) is 11.5 Å². The Morgan fingerprint density at radius 3 is 2.29 bits per heavy atom. The number of ether oxygens (including phenoxy) is 2. The Kier molecular flexibility index (Phi) is 7.68. The van der Waals surface area contributed by atoms with Gasteiger partial charge in [0.2, 0.25) is 5.91 Å². The number of methoxy groups -OCH3 is 2. The number of rotatable bonds is 8. The SMILES string of the molecule is COc1ccc(CCC(=O)NNC(=O)CNc2ccc(C)cc2C)cc1OC. The van der Waals surface area contributed by atoms with Crippen LogP contribution < -0.4 is 25.6 Å². The number of carbonyl (C=O) groups is 2. The van der Waals surface area contributed by atoms with Crippen molar-refractivity contribution in [3.05, 3.63) is 53.1 Å². The lowest BCUT2D eigenvalue weighted by Gasteiger charge is -2.12. The number of nitrogens with one attached hydrogen (secondary N) is 3. The van der Waals surface area contributed by atoms with Crippen LogP contribution in [0.1, 0.15) is 23.1 Å². The Labute approximate surface area is 165 Å². The lowest BCUT2D eigenvalue weighted by atomic mass is 10.1. The van der Waals surface area contributed by atoms with E-state index in [4.69, 9.17) is 9.47 Å². The molecular formula is C21H27N3O4.